The SMILES string of the molecule is C#CC(=O)C1CC2CCC(C1)N2C. The van der Waals surface area contributed by atoms with Gasteiger partial charge in [0.1, 0.15) is 0 Å². The lowest BCUT2D eigenvalue weighted by Gasteiger charge is -2.34. The first kappa shape index (κ1) is 8.77. The molecule has 70 valence electrons. The molecule has 2 unspecified atom stereocenters. The van der Waals surface area contributed by atoms with Crippen LogP contribution in [-0.2, 0) is 4.79 Å². The van der Waals surface area contributed by atoms with Crippen LogP contribution in [0.1, 0.15) is 25.7 Å². The molecular formula is C11H15NO. The third-order valence-electron chi connectivity index (χ3n) is 3.61. The van der Waals surface area contributed by atoms with E-state index in [0.717, 1.165) is 12.8 Å². The molecule has 0 spiro atoms. The first-order valence-electron chi connectivity index (χ1n) is 4.94. The van der Waals surface area contributed by atoms with Crippen molar-refractivity contribution in [1.29, 1.82) is 0 Å². The third-order valence-corrected chi connectivity index (χ3v) is 3.61. The van der Waals surface area contributed by atoms with E-state index in [4.69, 9.17) is 6.42 Å². The lowest BCUT2D eigenvalue weighted by Crippen LogP contribution is -2.41. The molecule has 13 heavy (non-hydrogen) atoms. The number of nitrogens with zero attached hydrogens (tertiary/aromatic N) is 1. The average molecular weight is 177 g/mol. The number of Topliss-reactive ketones (excluding diaryl/α,β-unsaturated/α-hetero) is 1. The Kier molecular flexibility index (Phi) is 2.13. The first-order valence-corrected chi connectivity index (χ1v) is 4.94. The fourth-order valence-electron chi connectivity index (χ4n) is 2.74. The molecule has 2 fully saturated rings. The highest BCUT2D eigenvalue weighted by atomic mass is 16.1. The van der Waals surface area contributed by atoms with E-state index in [1.807, 2.05) is 0 Å². The van der Waals surface area contributed by atoms with Crippen molar-refractivity contribution < 1.29 is 4.79 Å². The Hall–Kier alpha value is -0.810. The van der Waals surface area contributed by atoms with Crippen molar-refractivity contribution in [2.75, 3.05) is 7.05 Å². The zero-order chi connectivity index (χ0) is 9.42. The smallest absolute Gasteiger partial charge is 0.208 e. The zero-order valence-corrected chi connectivity index (χ0v) is 7.99. The maximum Gasteiger partial charge on any atom is 0.208 e. The number of piperidine rings is 1. The predicted octanol–water partition coefficient (Wildman–Crippen LogP) is 1.06. The number of fused-ring (bicyclic) bond motifs is 2. The third kappa shape index (κ3) is 1.38. The highest BCUT2D eigenvalue weighted by molar-refractivity contribution is 5.96. The molecule has 0 aromatic heterocycles. The van der Waals surface area contributed by atoms with Crippen LogP contribution < -0.4 is 0 Å². The molecule has 2 bridgehead atoms. The van der Waals surface area contributed by atoms with Gasteiger partial charge >= 0.3 is 0 Å². The summed E-state index contributed by atoms with van der Waals surface area (Å²) < 4.78 is 0. The summed E-state index contributed by atoms with van der Waals surface area (Å²) in [6, 6.07) is 1.22. The summed E-state index contributed by atoms with van der Waals surface area (Å²) in [5.74, 6) is 2.43. The summed E-state index contributed by atoms with van der Waals surface area (Å²) in [6.07, 6.45) is 9.59. The molecule has 0 aliphatic carbocycles. The van der Waals surface area contributed by atoms with Crippen LogP contribution in [0.4, 0.5) is 0 Å². The van der Waals surface area contributed by atoms with Crippen LogP contribution in [0, 0.1) is 18.3 Å². The van der Waals surface area contributed by atoms with Crippen LogP contribution in [0.15, 0.2) is 0 Å². The molecule has 2 rings (SSSR count). The molecule has 2 aliphatic rings. The topological polar surface area (TPSA) is 20.3 Å². The molecule has 2 aliphatic heterocycles. The molecular weight excluding hydrogens is 162 g/mol. The van der Waals surface area contributed by atoms with Crippen molar-refractivity contribution >= 4 is 5.78 Å². The van der Waals surface area contributed by atoms with Crippen molar-refractivity contribution in [3.63, 3.8) is 0 Å². The van der Waals surface area contributed by atoms with Crippen molar-refractivity contribution in [3.8, 4) is 12.3 Å². The van der Waals surface area contributed by atoms with Gasteiger partial charge in [0.15, 0.2) is 0 Å². The fraction of sp³-hybridized carbons (Fsp3) is 0.727. The second-order valence-corrected chi connectivity index (χ2v) is 4.23. The Bertz CT molecular complexity index is 252. The van der Waals surface area contributed by atoms with E-state index < -0.39 is 0 Å². The van der Waals surface area contributed by atoms with Crippen molar-refractivity contribution in [3.05, 3.63) is 0 Å². The molecule has 2 nitrogen and oxygen atoms in total. The number of carbonyl (C=O) groups excluding carboxylic acids is 1. The predicted molar refractivity (Wildman–Crippen MR) is 51.1 cm³/mol. The lowest BCUT2D eigenvalue weighted by molar-refractivity contribution is -0.119. The van der Waals surface area contributed by atoms with Crippen molar-refractivity contribution in [2.45, 2.75) is 37.8 Å². The summed E-state index contributed by atoms with van der Waals surface area (Å²) in [5.41, 5.74) is 0. The van der Waals surface area contributed by atoms with Crippen LogP contribution in [0.5, 0.6) is 0 Å². The Morgan fingerprint density at radius 3 is 2.38 bits per heavy atom. The summed E-state index contributed by atoms with van der Waals surface area (Å²) in [6.45, 7) is 0. The van der Waals surface area contributed by atoms with E-state index in [2.05, 4.69) is 17.9 Å². The molecule has 2 heteroatoms. The van der Waals surface area contributed by atoms with Crippen LogP contribution in [0.25, 0.3) is 0 Å². The minimum absolute atomic E-state index is 0.0185. The van der Waals surface area contributed by atoms with E-state index >= 15 is 0 Å². The summed E-state index contributed by atoms with van der Waals surface area (Å²) in [7, 11) is 2.17. The van der Waals surface area contributed by atoms with Gasteiger partial charge in [-0.1, -0.05) is 0 Å². The molecule has 0 aromatic rings. The molecule has 0 amide bonds. The minimum Gasteiger partial charge on any atom is -0.300 e. The molecule has 0 saturated carbocycles. The van der Waals surface area contributed by atoms with Gasteiger partial charge in [0, 0.05) is 18.0 Å². The van der Waals surface area contributed by atoms with Gasteiger partial charge in [-0.2, -0.15) is 0 Å². The monoisotopic (exact) mass is 177 g/mol. The molecule has 0 N–H and O–H groups in total. The van der Waals surface area contributed by atoms with E-state index in [-0.39, 0.29) is 11.7 Å². The number of ketones is 1. The second-order valence-electron chi connectivity index (χ2n) is 4.23. The number of terminal acetylenes is 1. The van der Waals surface area contributed by atoms with Gasteiger partial charge in [-0.15, -0.1) is 6.42 Å². The maximum absolute atomic E-state index is 11.3. The maximum atomic E-state index is 11.3. The molecule has 2 atom stereocenters. The Balaban J connectivity index is 2.07. The number of hydrogen-bond acceptors (Lipinski definition) is 2. The van der Waals surface area contributed by atoms with Gasteiger partial charge in [-0.3, -0.25) is 4.79 Å². The Labute approximate surface area is 79.3 Å². The number of rotatable bonds is 1. The van der Waals surface area contributed by atoms with Gasteiger partial charge in [0.2, 0.25) is 5.78 Å². The van der Waals surface area contributed by atoms with Gasteiger partial charge in [0.25, 0.3) is 0 Å². The average Bonchev–Trinajstić information content (AvgIpc) is 2.42. The second kappa shape index (κ2) is 3.16. The van der Waals surface area contributed by atoms with Gasteiger partial charge in [-0.25, -0.2) is 0 Å². The van der Waals surface area contributed by atoms with Gasteiger partial charge in [0.05, 0.1) is 0 Å². The molecule has 0 aromatic carbocycles. The Morgan fingerprint density at radius 2 is 1.92 bits per heavy atom. The zero-order valence-electron chi connectivity index (χ0n) is 7.99. The van der Waals surface area contributed by atoms with E-state index in [9.17, 15) is 4.79 Å². The normalized spacial score (nSPS) is 38.6. The Morgan fingerprint density at radius 1 is 1.38 bits per heavy atom. The van der Waals surface area contributed by atoms with Crippen LogP contribution >= 0.6 is 0 Å². The van der Waals surface area contributed by atoms with Crippen LogP contribution in [0.2, 0.25) is 0 Å². The number of hydrogen-bond donors (Lipinski definition) is 0. The highest BCUT2D eigenvalue weighted by Crippen LogP contribution is 2.37. The highest BCUT2D eigenvalue weighted by Gasteiger charge is 2.40. The van der Waals surface area contributed by atoms with Crippen molar-refractivity contribution in [2.24, 2.45) is 5.92 Å². The van der Waals surface area contributed by atoms with Gasteiger partial charge < -0.3 is 4.90 Å². The first-order chi connectivity index (χ1) is 6.22. The van der Waals surface area contributed by atoms with E-state index in [1.54, 1.807) is 0 Å². The largest absolute Gasteiger partial charge is 0.300 e. The van der Waals surface area contributed by atoms with E-state index in [1.165, 1.54) is 12.8 Å². The lowest BCUT2D eigenvalue weighted by atomic mass is 9.88. The molecule has 2 heterocycles. The minimum atomic E-state index is 0.0185. The van der Waals surface area contributed by atoms with Crippen molar-refractivity contribution in [1.82, 2.24) is 4.90 Å². The summed E-state index contributed by atoms with van der Waals surface area (Å²) >= 11 is 0. The van der Waals surface area contributed by atoms with E-state index in [0.29, 0.717) is 12.1 Å². The summed E-state index contributed by atoms with van der Waals surface area (Å²) in [5, 5.41) is 0. The summed E-state index contributed by atoms with van der Waals surface area (Å²) in [4.78, 5) is 13.8. The number of carbonyl (C=O) groups is 1. The molecule has 0 radical (unpaired) electrons. The van der Waals surface area contributed by atoms with Crippen LogP contribution in [0.3, 0.4) is 0 Å². The quantitative estimate of drug-likeness (QED) is 0.441. The van der Waals surface area contributed by atoms with Gasteiger partial charge in [-0.05, 0) is 38.7 Å². The van der Waals surface area contributed by atoms with Crippen LogP contribution in [-0.4, -0.2) is 29.8 Å². The standard InChI is InChI=1S/C11H15NO/c1-3-11(13)8-6-9-4-5-10(7-8)12(9)2/h1,8-10H,4-7H2,2H3. The fourth-order valence-corrected chi connectivity index (χ4v) is 2.74. The molecule has 2 saturated heterocycles.